The molecule has 2 aromatic rings. The number of hydrogen-bond acceptors (Lipinski definition) is 2. The van der Waals surface area contributed by atoms with Gasteiger partial charge in [0.15, 0.2) is 0 Å². The number of carbonyl (C=O) groups excluding carboxylic acids is 1. The first-order valence-corrected chi connectivity index (χ1v) is 5.61. The van der Waals surface area contributed by atoms with Crippen LogP contribution in [0.2, 0.25) is 0 Å². The number of fused-ring (bicyclic) bond motifs is 1. The van der Waals surface area contributed by atoms with Crippen molar-refractivity contribution in [1.29, 1.82) is 0 Å². The monoisotopic (exact) mass is 214 g/mol. The van der Waals surface area contributed by atoms with Crippen molar-refractivity contribution in [1.82, 2.24) is 9.38 Å². The van der Waals surface area contributed by atoms with Crippen LogP contribution < -0.4 is 0 Å². The summed E-state index contributed by atoms with van der Waals surface area (Å²) in [6.45, 7) is 4.09. The molecule has 0 spiro atoms. The molecule has 0 N–H and O–H groups in total. The van der Waals surface area contributed by atoms with E-state index in [1.807, 2.05) is 6.92 Å². The third-order valence-corrected chi connectivity index (χ3v) is 3.37. The zero-order chi connectivity index (χ0) is 11.3. The Balaban J connectivity index is 2.17. The highest BCUT2D eigenvalue weighted by Crippen LogP contribution is 2.47. The molecule has 3 heteroatoms. The van der Waals surface area contributed by atoms with Gasteiger partial charge in [-0.1, -0.05) is 0 Å². The molecule has 0 saturated heterocycles. The van der Waals surface area contributed by atoms with E-state index in [0.29, 0.717) is 5.92 Å². The summed E-state index contributed by atoms with van der Waals surface area (Å²) in [6, 6.07) is 4.16. The lowest BCUT2D eigenvalue weighted by Crippen LogP contribution is -1.94. The smallest absolute Gasteiger partial charge is 0.137 e. The largest absolute Gasteiger partial charge is 0.303 e. The van der Waals surface area contributed by atoms with E-state index < -0.39 is 0 Å². The minimum absolute atomic E-state index is 0.208. The zero-order valence-corrected chi connectivity index (χ0v) is 9.47. The van der Waals surface area contributed by atoms with Crippen molar-refractivity contribution < 1.29 is 4.79 Å². The SMILES string of the molecule is Cc1ccn2c(C3CC3C=O)c(C)nc2c1. The first-order chi connectivity index (χ1) is 7.70. The van der Waals surface area contributed by atoms with Crippen molar-refractivity contribution in [3.63, 3.8) is 0 Å². The highest BCUT2D eigenvalue weighted by molar-refractivity contribution is 5.62. The standard InChI is InChI=1S/C13H14N2O/c1-8-3-4-15-12(5-8)14-9(2)13(15)11-6-10(11)7-16/h3-5,7,10-11H,6H2,1-2H3. The van der Waals surface area contributed by atoms with Crippen molar-refractivity contribution in [3.8, 4) is 0 Å². The van der Waals surface area contributed by atoms with Crippen LogP contribution in [0.3, 0.4) is 0 Å². The van der Waals surface area contributed by atoms with Crippen LogP contribution in [0.25, 0.3) is 5.65 Å². The second-order valence-corrected chi connectivity index (χ2v) is 4.66. The second-order valence-electron chi connectivity index (χ2n) is 4.66. The summed E-state index contributed by atoms with van der Waals surface area (Å²) in [5.41, 5.74) is 4.47. The third kappa shape index (κ3) is 1.28. The molecule has 2 heterocycles. The molecule has 0 aliphatic heterocycles. The Bertz CT molecular complexity index is 571. The van der Waals surface area contributed by atoms with Crippen LogP contribution >= 0.6 is 0 Å². The molecule has 2 aromatic heterocycles. The van der Waals surface area contributed by atoms with Gasteiger partial charge >= 0.3 is 0 Å². The summed E-state index contributed by atoms with van der Waals surface area (Å²) in [5, 5.41) is 0. The lowest BCUT2D eigenvalue weighted by molar-refractivity contribution is -0.108. The molecule has 3 nitrogen and oxygen atoms in total. The number of aldehydes is 1. The van der Waals surface area contributed by atoms with Crippen molar-refractivity contribution in [2.45, 2.75) is 26.2 Å². The van der Waals surface area contributed by atoms with E-state index in [1.54, 1.807) is 0 Å². The van der Waals surface area contributed by atoms with Gasteiger partial charge in [-0.2, -0.15) is 0 Å². The van der Waals surface area contributed by atoms with Gasteiger partial charge in [-0.05, 0) is 38.0 Å². The number of pyridine rings is 1. The number of aromatic nitrogens is 2. The Morgan fingerprint density at radius 2 is 2.31 bits per heavy atom. The maximum atomic E-state index is 10.7. The molecule has 0 amide bonds. The summed E-state index contributed by atoms with van der Waals surface area (Å²) in [6.07, 6.45) is 4.10. The van der Waals surface area contributed by atoms with Crippen LogP contribution in [0.5, 0.6) is 0 Å². The van der Waals surface area contributed by atoms with Gasteiger partial charge in [0.2, 0.25) is 0 Å². The maximum Gasteiger partial charge on any atom is 0.137 e. The Morgan fingerprint density at radius 1 is 1.50 bits per heavy atom. The van der Waals surface area contributed by atoms with Gasteiger partial charge in [-0.3, -0.25) is 0 Å². The van der Waals surface area contributed by atoms with Crippen LogP contribution in [0, 0.1) is 19.8 Å². The molecule has 0 bridgehead atoms. The molecular weight excluding hydrogens is 200 g/mol. The van der Waals surface area contributed by atoms with Gasteiger partial charge in [0.25, 0.3) is 0 Å². The summed E-state index contributed by atoms with van der Waals surface area (Å²) < 4.78 is 2.12. The number of aryl methyl sites for hydroxylation is 2. The highest BCUT2D eigenvalue weighted by atomic mass is 16.1. The minimum atomic E-state index is 0.208. The predicted molar refractivity (Wildman–Crippen MR) is 61.6 cm³/mol. The highest BCUT2D eigenvalue weighted by Gasteiger charge is 2.41. The fraction of sp³-hybridized carbons (Fsp3) is 0.385. The number of rotatable bonds is 2. The Kier molecular flexibility index (Phi) is 1.90. The molecule has 0 radical (unpaired) electrons. The second kappa shape index (κ2) is 3.17. The Labute approximate surface area is 94.1 Å². The molecule has 3 rings (SSSR count). The van der Waals surface area contributed by atoms with Crippen molar-refractivity contribution in [3.05, 3.63) is 35.3 Å². The first kappa shape index (κ1) is 9.58. The first-order valence-electron chi connectivity index (χ1n) is 5.61. The van der Waals surface area contributed by atoms with Crippen LogP contribution in [0.15, 0.2) is 18.3 Å². The van der Waals surface area contributed by atoms with E-state index in [0.717, 1.165) is 24.0 Å². The average molecular weight is 214 g/mol. The Hall–Kier alpha value is -1.64. The number of hydrogen-bond donors (Lipinski definition) is 0. The fourth-order valence-electron chi connectivity index (χ4n) is 2.41. The molecule has 0 aromatic carbocycles. The van der Waals surface area contributed by atoms with Crippen LogP contribution in [0.1, 0.15) is 29.3 Å². The van der Waals surface area contributed by atoms with Crippen LogP contribution in [-0.2, 0) is 4.79 Å². The quantitative estimate of drug-likeness (QED) is 0.718. The molecule has 2 unspecified atom stereocenters. The summed E-state index contributed by atoms with van der Waals surface area (Å²) in [7, 11) is 0. The van der Waals surface area contributed by atoms with Crippen molar-refractivity contribution >= 4 is 11.9 Å². The topological polar surface area (TPSA) is 34.4 Å². The van der Waals surface area contributed by atoms with E-state index in [-0.39, 0.29) is 5.92 Å². The van der Waals surface area contributed by atoms with Gasteiger partial charge in [-0.15, -0.1) is 0 Å². The third-order valence-electron chi connectivity index (χ3n) is 3.37. The van der Waals surface area contributed by atoms with Crippen molar-refractivity contribution in [2.24, 2.45) is 5.92 Å². The minimum Gasteiger partial charge on any atom is -0.303 e. The summed E-state index contributed by atoms with van der Waals surface area (Å²) in [4.78, 5) is 15.3. The van der Waals surface area contributed by atoms with Gasteiger partial charge in [-0.25, -0.2) is 4.98 Å². The van der Waals surface area contributed by atoms with Gasteiger partial charge < -0.3 is 9.20 Å². The normalized spacial score (nSPS) is 23.6. The molecule has 1 saturated carbocycles. The zero-order valence-electron chi connectivity index (χ0n) is 9.47. The number of nitrogens with zero attached hydrogens (tertiary/aromatic N) is 2. The van der Waals surface area contributed by atoms with E-state index in [4.69, 9.17) is 0 Å². The lowest BCUT2D eigenvalue weighted by atomic mass is 10.2. The molecule has 1 fully saturated rings. The van der Waals surface area contributed by atoms with E-state index in [1.165, 1.54) is 11.3 Å². The van der Waals surface area contributed by atoms with Gasteiger partial charge in [0.05, 0.1) is 5.69 Å². The Morgan fingerprint density at radius 3 is 3.00 bits per heavy atom. The number of imidazole rings is 1. The number of carbonyl (C=O) groups is 1. The fourth-order valence-corrected chi connectivity index (χ4v) is 2.41. The van der Waals surface area contributed by atoms with Gasteiger partial charge in [0.1, 0.15) is 11.9 Å². The van der Waals surface area contributed by atoms with E-state index >= 15 is 0 Å². The van der Waals surface area contributed by atoms with E-state index in [2.05, 4.69) is 34.6 Å². The van der Waals surface area contributed by atoms with Crippen molar-refractivity contribution in [2.75, 3.05) is 0 Å². The predicted octanol–water partition coefficient (Wildman–Crippen LogP) is 2.25. The van der Waals surface area contributed by atoms with E-state index in [9.17, 15) is 4.79 Å². The van der Waals surface area contributed by atoms with Crippen LogP contribution in [0.4, 0.5) is 0 Å². The van der Waals surface area contributed by atoms with Gasteiger partial charge in [0, 0.05) is 23.7 Å². The lowest BCUT2D eigenvalue weighted by Gasteiger charge is -2.01. The molecule has 1 aliphatic rings. The molecule has 16 heavy (non-hydrogen) atoms. The maximum absolute atomic E-state index is 10.7. The molecular formula is C13H14N2O. The van der Waals surface area contributed by atoms with Crippen LogP contribution in [-0.4, -0.2) is 15.7 Å². The summed E-state index contributed by atoms with van der Waals surface area (Å²) >= 11 is 0. The average Bonchev–Trinajstić information content (AvgIpc) is 2.94. The summed E-state index contributed by atoms with van der Waals surface area (Å²) in [5.74, 6) is 0.593. The molecule has 82 valence electrons. The molecule has 2 atom stereocenters. The molecule has 1 aliphatic carbocycles.